The molecule has 0 aliphatic carbocycles. The van der Waals surface area contributed by atoms with Crippen molar-refractivity contribution < 1.29 is 19.1 Å². The van der Waals surface area contributed by atoms with Gasteiger partial charge in [-0.2, -0.15) is 0 Å². The zero-order valence-electron chi connectivity index (χ0n) is 12.6. The van der Waals surface area contributed by atoms with E-state index >= 15 is 0 Å². The van der Waals surface area contributed by atoms with Gasteiger partial charge in [-0.1, -0.05) is 0 Å². The summed E-state index contributed by atoms with van der Waals surface area (Å²) in [6.45, 7) is 2.28. The number of rotatable bonds is 3. The molecule has 0 saturated carbocycles. The van der Waals surface area contributed by atoms with Crippen LogP contribution in [0.2, 0.25) is 0 Å². The van der Waals surface area contributed by atoms with Gasteiger partial charge >= 0.3 is 0 Å². The first-order chi connectivity index (χ1) is 9.38. The molecule has 7 heteroatoms. The molecule has 0 aromatic carbocycles. The summed E-state index contributed by atoms with van der Waals surface area (Å²) in [5, 5.41) is 0. The molecular weight excluding hydrogens is 262 g/mol. The highest BCUT2D eigenvalue weighted by Gasteiger charge is 2.51. The quantitative estimate of drug-likeness (QED) is 0.640. The van der Waals surface area contributed by atoms with Gasteiger partial charge in [-0.05, 0) is 7.05 Å². The fourth-order valence-electron chi connectivity index (χ4n) is 2.78. The molecule has 2 saturated heterocycles. The van der Waals surface area contributed by atoms with E-state index in [1.807, 2.05) is 11.9 Å². The maximum atomic E-state index is 12.0. The van der Waals surface area contributed by atoms with Crippen LogP contribution >= 0.6 is 0 Å². The molecule has 7 nitrogen and oxygen atoms in total. The second-order valence-electron chi connectivity index (χ2n) is 5.84. The maximum Gasteiger partial charge on any atom is 0.248 e. The minimum atomic E-state index is -0.318. The number of carbonyl (C=O) groups excluding carboxylic acids is 2. The third-order valence-electron chi connectivity index (χ3n) is 3.92. The summed E-state index contributed by atoms with van der Waals surface area (Å²) in [4.78, 5) is 29.0. The lowest BCUT2D eigenvalue weighted by atomic mass is 9.90. The molecule has 2 heterocycles. The highest BCUT2D eigenvalue weighted by Crippen LogP contribution is 2.30. The first kappa shape index (κ1) is 15.2. The van der Waals surface area contributed by atoms with Crippen molar-refractivity contribution in [3.8, 4) is 0 Å². The van der Waals surface area contributed by atoms with Crippen LogP contribution in [0, 0.1) is 0 Å². The maximum absolute atomic E-state index is 12.0. The molecule has 2 amide bonds. The molecule has 114 valence electrons. The summed E-state index contributed by atoms with van der Waals surface area (Å²) in [5.74, 6) is 0.0323. The normalized spacial score (nSPS) is 25.4. The summed E-state index contributed by atoms with van der Waals surface area (Å²) in [7, 11) is 6.93. The fraction of sp³-hybridized carbons (Fsp3) is 0.846. The van der Waals surface area contributed by atoms with Gasteiger partial charge in [0.05, 0.1) is 19.7 Å². The minimum Gasteiger partial charge on any atom is -0.375 e. The number of likely N-dealkylation sites (tertiary alicyclic amines) is 1. The van der Waals surface area contributed by atoms with Crippen molar-refractivity contribution in [2.45, 2.75) is 11.6 Å². The number of likely N-dealkylation sites (N-methyl/N-ethyl adjacent to an activating group) is 2. The molecule has 0 bridgehead atoms. The molecule has 1 atom stereocenters. The predicted molar refractivity (Wildman–Crippen MR) is 72.3 cm³/mol. The number of hydrogen-bond donors (Lipinski definition) is 0. The van der Waals surface area contributed by atoms with Crippen molar-refractivity contribution in [3.63, 3.8) is 0 Å². The molecule has 1 unspecified atom stereocenters. The van der Waals surface area contributed by atoms with Gasteiger partial charge in [0.2, 0.25) is 11.8 Å². The van der Waals surface area contributed by atoms with Gasteiger partial charge in [-0.25, -0.2) is 0 Å². The average molecular weight is 285 g/mol. The average Bonchev–Trinajstić information content (AvgIpc) is 2.35. The van der Waals surface area contributed by atoms with Crippen LogP contribution in [0.25, 0.3) is 0 Å². The van der Waals surface area contributed by atoms with Gasteiger partial charge < -0.3 is 19.3 Å². The molecule has 0 aromatic heterocycles. The lowest BCUT2D eigenvalue weighted by Crippen LogP contribution is -2.73. The Bertz CT molecular complexity index is 393. The first-order valence-corrected chi connectivity index (χ1v) is 6.70. The zero-order chi connectivity index (χ0) is 14.9. The summed E-state index contributed by atoms with van der Waals surface area (Å²) < 4.78 is 10.7. The molecule has 2 fully saturated rings. The zero-order valence-corrected chi connectivity index (χ0v) is 12.6. The lowest BCUT2D eigenvalue weighted by Gasteiger charge is -2.54. The standard InChI is InChI=1S/C13H23N3O4/c1-14(2)12(18)10-5-20-13(7-15(10)3)8-16(9-13)11(17)6-19-4/h10H,5-9H2,1-4H3. The van der Waals surface area contributed by atoms with Gasteiger partial charge in [-0.15, -0.1) is 0 Å². The van der Waals surface area contributed by atoms with Crippen molar-refractivity contribution in [1.82, 2.24) is 14.7 Å². The number of amides is 2. The van der Waals surface area contributed by atoms with E-state index in [-0.39, 0.29) is 30.1 Å². The van der Waals surface area contributed by atoms with E-state index in [0.29, 0.717) is 26.2 Å². The van der Waals surface area contributed by atoms with Gasteiger partial charge in [0.1, 0.15) is 18.2 Å². The number of morpholine rings is 1. The van der Waals surface area contributed by atoms with E-state index in [9.17, 15) is 9.59 Å². The van der Waals surface area contributed by atoms with Crippen LogP contribution in [-0.2, 0) is 19.1 Å². The SMILES string of the molecule is COCC(=O)N1CC2(C1)CN(C)C(C(=O)N(C)C)CO2. The predicted octanol–water partition coefficient (Wildman–Crippen LogP) is -1.37. The smallest absolute Gasteiger partial charge is 0.248 e. The number of ether oxygens (including phenoxy) is 2. The largest absolute Gasteiger partial charge is 0.375 e. The number of hydrogen-bond acceptors (Lipinski definition) is 5. The summed E-state index contributed by atoms with van der Waals surface area (Å²) in [6.07, 6.45) is 0. The van der Waals surface area contributed by atoms with Crippen LogP contribution < -0.4 is 0 Å². The van der Waals surface area contributed by atoms with Crippen LogP contribution in [0.3, 0.4) is 0 Å². The second-order valence-corrected chi connectivity index (χ2v) is 5.84. The van der Waals surface area contributed by atoms with Crippen LogP contribution in [0.4, 0.5) is 0 Å². The van der Waals surface area contributed by atoms with Gasteiger partial charge in [0.25, 0.3) is 0 Å². The van der Waals surface area contributed by atoms with E-state index in [4.69, 9.17) is 9.47 Å². The molecule has 1 spiro atoms. The monoisotopic (exact) mass is 285 g/mol. The minimum absolute atomic E-state index is 0.0177. The lowest BCUT2D eigenvalue weighted by molar-refractivity contribution is -0.204. The number of methoxy groups -OCH3 is 1. The van der Waals surface area contributed by atoms with Crippen LogP contribution in [0.5, 0.6) is 0 Å². The Hall–Kier alpha value is -1.18. The van der Waals surface area contributed by atoms with Crippen molar-refractivity contribution in [2.24, 2.45) is 0 Å². The Morgan fingerprint density at radius 1 is 1.35 bits per heavy atom. The van der Waals surface area contributed by atoms with Gasteiger partial charge in [0.15, 0.2) is 0 Å². The number of nitrogens with zero attached hydrogens (tertiary/aromatic N) is 3. The first-order valence-electron chi connectivity index (χ1n) is 6.70. The number of carbonyl (C=O) groups is 2. The molecule has 2 aliphatic rings. The molecule has 2 rings (SSSR count). The second kappa shape index (κ2) is 5.67. The molecule has 2 aliphatic heterocycles. The van der Waals surface area contributed by atoms with E-state index in [1.54, 1.807) is 23.9 Å². The Morgan fingerprint density at radius 3 is 2.50 bits per heavy atom. The molecule has 0 aromatic rings. The van der Waals surface area contributed by atoms with Gasteiger partial charge in [0, 0.05) is 27.7 Å². The summed E-state index contributed by atoms with van der Waals surface area (Å²) in [5.41, 5.74) is -0.318. The topological polar surface area (TPSA) is 62.3 Å². The van der Waals surface area contributed by atoms with Crippen molar-refractivity contribution in [2.75, 3.05) is 61.1 Å². The van der Waals surface area contributed by atoms with E-state index < -0.39 is 0 Å². The van der Waals surface area contributed by atoms with Crippen LogP contribution in [0.1, 0.15) is 0 Å². The van der Waals surface area contributed by atoms with Crippen LogP contribution in [0.15, 0.2) is 0 Å². The third kappa shape index (κ3) is 2.79. The van der Waals surface area contributed by atoms with Crippen molar-refractivity contribution >= 4 is 11.8 Å². The van der Waals surface area contributed by atoms with Gasteiger partial charge in [-0.3, -0.25) is 14.5 Å². The highest BCUT2D eigenvalue weighted by atomic mass is 16.5. The van der Waals surface area contributed by atoms with E-state index in [0.717, 1.165) is 0 Å². The van der Waals surface area contributed by atoms with Crippen LogP contribution in [-0.4, -0.2) is 99.3 Å². The van der Waals surface area contributed by atoms with E-state index in [1.165, 1.54) is 7.11 Å². The van der Waals surface area contributed by atoms with Crippen molar-refractivity contribution in [3.05, 3.63) is 0 Å². The fourth-order valence-corrected chi connectivity index (χ4v) is 2.78. The summed E-state index contributed by atoms with van der Waals surface area (Å²) >= 11 is 0. The summed E-state index contributed by atoms with van der Waals surface area (Å²) in [6, 6.07) is -0.237. The molecule has 20 heavy (non-hydrogen) atoms. The third-order valence-corrected chi connectivity index (χ3v) is 3.92. The Balaban J connectivity index is 1.88. The van der Waals surface area contributed by atoms with Crippen molar-refractivity contribution in [1.29, 1.82) is 0 Å². The Labute approximate surface area is 119 Å². The van der Waals surface area contributed by atoms with E-state index in [2.05, 4.69) is 0 Å². The molecular formula is C13H23N3O4. The molecule has 0 N–H and O–H groups in total. The Kier molecular flexibility index (Phi) is 4.31. The molecule has 0 radical (unpaired) electrons. The Morgan fingerprint density at radius 2 is 2.00 bits per heavy atom. The highest BCUT2D eigenvalue weighted by molar-refractivity contribution is 5.82.